The van der Waals surface area contributed by atoms with Gasteiger partial charge < -0.3 is 19.3 Å². The number of carbonyl (C=O) groups excluding carboxylic acids is 1. The summed E-state index contributed by atoms with van der Waals surface area (Å²) in [5.41, 5.74) is 0.600. The summed E-state index contributed by atoms with van der Waals surface area (Å²) < 4.78 is 41.2. The lowest BCUT2D eigenvalue weighted by molar-refractivity contribution is 0.0600. The summed E-state index contributed by atoms with van der Waals surface area (Å²) in [5.74, 6) is -0.0473. The summed E-state index contributed by atoms with van der Waals surface area (Å²) in [6.07, 6.45) is 3.04. The van der Waals surface area contributed by atoms with E-state index in [1.807, 2.05) is 17.9 Å². The smallest absolute Gasteiger partial charge is 0.337 e. The number of ether oxygens (including phenoxy) is 2. The number of para-hydroxylation sites is 1. The van der Waals surface area contributed by atoms with Crippen LogP contribution in [0.3, 0.4) is 0 Å². The van der Waals surface area contributed by atoms with E-state index < -0.39 is 16.0 Å². The highest BCUT2D eigenvalue weighted by Crippen LogP contribution is 2.40. The number of unbranched alkanes of at least 4 members (excludes halogenated alkanes) is 1. The van der Waals surface area contributed by atoms with Crippen LogP contribution < -0.4 is 9.64 Å². The van der Waals surface area contributed by atoms with Crippen molar-refractivity contribution in [2.24, 2.45) is 4.40 Å². The van der Waals surface area contributed by atoms with Gasteiger partial charge in [-0.15, -0.1) is 4.40 Å². The van der Waals surface area contributed by atoms with E-state index in [1.54, 1.807) is 44.4 Å². The van der Waals surface area contributed by atoms with Gasteiger partial charge in [-0.05, 0) is 37.6 Å². The molecule has 0 spiro atoms. The molecule has 2 aromatic rings. The fourth-order valence-corrected chi connectivity index (χ4v) is 4.05. The molecule has 2 rings (SSSR count). The second-order valence-corrected chi connectivity index (χ2v) is 8.92. The molecule has 0 fully saturated rings. The molecule has 0 radical (unpaired) electrons. The van der Waals surface area contributed by atoms with Crippen LogP contribution in [-0.4, -0.2) is 59.9 Å². The second-order valence-electron chi connectivity index (χ2n) is 7.32. The molecule has 8 nitrogen and oxygen atoms in total. The number of hydrogen-bond donors (Lipinski definition) is 0. The van der Waals surface area contributed by atoms with E-state index in [1.165, 1.54) is 24.4 Å². The molecular weight excluding hydrogens is 430 g/mol. The lowest BCUT2D eigenvalue weighted by Crippen LogP contribution is -2.25. The van der Waals surface area contributed by atoms with Gasteiger partial charge in [-0.25, -0.2) is 4.79 Å². The molecule has 0 saturated heterocycles. The van der Waals surface area contributed by atoms with Gasteiger partial charge in [-0.2, -0.15) is 8.42 Å². The SMILES string of the molecule is CCCCN(CC)c1cc(C(=O)OC)cc(S(=O)(=O)N=CN(C)C)c1Oc1ccccc1. The third kappa shape index (κ3) is 6.46. The topological polar surface area (TPSA) is 88.5 Å². The van der Waals surface area contributed by atoms with Crippen molar-refractivity contribution in [2.45, 2.75) is 31.6 Å². The molecule has 174 valence electrons. The highest BCUT2D eigenvalue weighted by atomic mass is 32.2. The van der Waals surface area contributed by atoms with E-state index in [2.05, 4.69) is 11.3 Å². The van der Waals surface area contributed by atoms with Crippen molar-refractivity contribution in [3.63, 3.8) is 0 Å². The zero-order valence-corrected chi connectivity index (χ0v) is 20.1. The molecule has 0 saturated carbocycles. The van der Waals surface area contributed by atoms with Gasteiger partial charge in [0.1, 0.15) is 17.0 Å². The molecule has 0 aromatic heterocycles. The van der Waals surface area contributed by atoms with Gasteiger partial charge in [0.25, 0.3) is 10.0 Å². The molecule has 0 amide bonds. The Balaban J connectivity index is 2.82. The van der Waals surface area contributed by atoms with Gasteiger partial charge in [-0.1, -0.05) is 31.5 Å². The summed E-state index contributed by atoms with van der Waals surface area (Å²) in [7, 11) is 0.401. The number of benzene rings is 2. The third-order valence-electron chi connectivity index (χ3n) is 4.62. The Morgan fingerprint density at radius 3 is 2.38 bits per heavy atom. The number of nitrogens with zero attached hydrogens (tertiary/aromatic N) is 3. The first-order valence-corrected chi connectivity index (χ1v) is 11.9. The zero-order chi connectivity index (χ0) is 23.7. The van der Waals surface area contributed by atoms with Crippen LogP contribution in [0.4, 0.5) is 5.69 Å². The molecule has 2 aromatic carbocycles. The van der Waals surface area contributed by atoms with Crippen molar-refractivity contribution < 1.29 is 22.7 Å². The van der Waals surface area contributed by atoms with Crippen LogP contribution >= 0.6 is 0 Å². The van der Waals surface area contributed by atoms with Crippen LogP contribution in [0.1, 0.15) is 37.0 Å². The molecular formula is C23H31N3O5S. The van der Waals surface area contributed by atoms with Gasteiger partial charge in [0.15, 0.2) is 5.75 Å². The number of methoxy groups -OCH3 is 1. The van der Waals surface area contributed by atoms with Crippen molar-refractivity contribution in [1.29, 1.82) is 0 Å². The molecule has 0 unspecified atom stereocenters. The molecule has 0 bridgehead atoms. The number of esters is 1. The fraction of sp³-hybridized carbons (Fsp3) is 0.391. The van der Waals surface area contributed by atoms with Gasteiger partial charge in [-0.3, -0.25) is 0 Å². The number of anilines is 1. The minimum Gasteiger partial charge on any atom is -0.465 e. The average Bonchev–Trinajstić information content (AvgIpc) is 2.79. The molecule has 0 atom stereocenters. The van der Waals surface area contributed by atoms with Crippen molar-refractivity contribution in [3.8, 4) is 11.5 Å². The van der Waals surface area contributed by atoms with E-state index in [0.29, 0.717) is 24.5 Å². The Morgan fingerprint density at radius 1 is 1.12 bits per heavy atom. The van der Waals surface area contributed by atoms with Crippen LogP contribution in [0.2, 0.25) is 0 Å². The van der Waals surface area contributed by atoms with Gasteiger partial charge in [0, 0.05) is 27.2 Å². The quantitative estimate of drug-likeness (QED) is 0.282. The Kier molecular flexibility index (Phi) is 9.07. The normalized spacial score (nSPS) is 11.4. The number of carbonyl (C=O) groups is 1. The summed E-state index contributed by atoms with van der Waals surface area (Å²) >= 11 is 0. The number of sulfonamides is 1. The first-order valence-electron chi connectivity index (χ1n) is 10.4. The minimum atomic E-state index is -4.19. The lowest BCUT2D eigenvalue weighted by Gasteiger charge is -2.27. The van der Waals surface area contributed by atoms with Gasteiger partial charge >= 0.3 is 5.97 Å². The third-order valence-corrected chi connectivity index (χ3v) is 5.85. The maximum absolute atomic E-state index is 13.2. The molecule has 0 heterocycles. The number of rotatable bonds is 11. The Bertz CT molecular complexity index is 1040. The van der Waals surface area contributed by atoms with Crippen LogP contribution in [0.5, 0.6) is 11.5 Å². The minimum absolute atomic E-state index is 0.108. The summed E-state index contributed by atoms with van der Waals surface area (Å²) in [6.45, 7) is 5.30. The predicted molar refractivity (Wildman–Crippen MR) is 126 cm³/mol. The van der Waals surface area contributed by atoms with Gasteiger partial charge in [0.05, 0.1) is 18.4 Å². The Hall–Kier alpha value is -3.07. The van der Waals surface area contributed by atoms with E-state index in [-0.39, 0.29) is 16.2 Å². The van der Waals surface area contributed by atoms with Crippen LogP contribution in [0.25, 0.3) is 0 Å². The van der Waals surface area contributed by atoms with E-state index in [9.17, 15) is 13.2 Å². The van der Waals surface area contributed by atoms with Crippen molar-refractivity contribution in [2.75, 3.05) is 39.2 Å². The maximum Gasteiger partial charge on any atom is 0.337 e. The fourth-order valence-electron chi connectivity index (χ4n) is 2.97. The van der Waals surface area contributed by atoms with Crippen molar-refractivity contribution in [1.82, 2.24) is 4.90 Å². The maximum atomic E-state index is 13.2. The van der Waals surface area contributed by atoms with E-state index in [4.69, 9.17) is 9.47 Å². The largest absolute Gasteiger partial charge is 0.465 e. The molecule has 32 heavy (non-hydrogen) atoms. The van der Waals surface area contributed by atoms with Crippen molar-refractivity contribution in [3.05, 3.63) is 48.0 Å². The van der Waals surface area contributed by atoms with Gasteiger partial charge in [0.2, 0.25) is 0 Å². The highest BCUT2D eigenvalue weighted by molar-refractivity contribution is 7.90. The van der Waals surface area contributed by atoms with E-state index >= 15 is 0 Å². The standard InChI is InChI=1S/C23H31N3O5S/c1-6-8-14-26(7-2)20-15-18(23(27)30-5)16-21(32(28,29)24-17-25(3)4)22(20)31-19-12-10-9-11-13-19/h9-13,15-17H,6-8,14H2,1-5H3. The molecule has 0 aliphatic rings. The molecule has 0 N–H and O–H groups in total. The van der Waals surface area contributed by atoms with Crippen LogP contribution in [-0.2, 0) is 14.8 Å². The first-order chi connectivity index (χ1) is 15.2. The monoisotopic (exact) mass is 461 g/mol. The second kappa shape index (κ2) is 11.5. The average molecular weight is 462 g/mol. The number of hydrogen-bond acceptors (Lipinski definition) is 6. The molecule has 9 heteroatoms. The lowest BCUT2D eigenvalue weighted by atomic mass is 10.1. The van der Waals surface area contributed by atoms with Crippen molar-refractivity contribution >= 4 is 28.0 Å². The molecule has 0 aliphatic carbocycles. The van der Waals surface area contributed by atoms with Crippen LogP contribution in [0.15, 0.2) is 51.8 Å². The highest BCUT2D eigenvalue weighted by Gasteiger charge is 2.28. The Labute approximate surface area is 190 Å². The summed E-state index contributed by atoms with van der Waals surface area (Å²) in [5, 5.41) is 0. The predicted octanol–water partition coefficient (Wildman–Crippen LogP) is 4.17. The summed E-state index contributed by atoms with van der Waals surface area (Å²) in [6, 6.07) is 11.8. The van der Waals surface area contributed by atoms with E-state index in [0.717, 1.165) is 12.8 Å². The summed E-state index contributed by atoms with van der Waals surface area (Å²) in [4.78, 5) is 15.7. The Morgan fingerprint density at radius 2 is 1.81 bits per heavy atom. The zero-order valence-electron chi connectivity index (χ0n) is 19.2. The van der Waals surface area contributed by atoms with Crippen LogP contribution in [0, 0.1) is 0 Å². The molecule has 0 aliphatic heterocycles. The first kappa shape index (κ1) is 25.2.